The van der Waals surface area contributed by atoms with Gasteiger partial charge in [0, 0.05) is 11.4 Å². The molecule has 1 amide bonds. The lowest BCUT2D eigenvalue weighted by atomic mass is 9.92. The summed E-state index contributed by atoms with van der Waals surface area (Å²) >= 11 is 0. The number of benzene rings is 1. The van der Waals surface area contributed by atoms with E-state index in [-0.39, 0.29) is 5.69 Å². The lowest BCUT2D eigenvalue weighted by molar-refractivity contribution is -0.137. The second-order valence-corrected chi connectivity index (χ2v) is 6.58. The van der Waals surface area contributed by atoms with Crippen molar-refractivity contribution in [3.05, 3.63) is 72.1 Å². The first-order valence-electron chi connectivity index (χ1n) is 8.64. The molecule has 0 spiro atoms. The Kier molecular flexibility index (Phi) is 4.40. The maximum atomic E-state index is 13.1. The number of hydrogen-bond donors (Lipinski definition) is 2. The average molecular weight is 403 g/mol. The number of carbonyl (C=O) groups is 1. The fourth-order valence-electron chi connectivity index (χ4n) is 3.30. The van der Waals surface area contributed by atoms with Crippen LogP contribution in [0, 0.1) is 12.8 Å². The number of aryl methyl sites for hydroxylation is 1. The lowest BCUT2D eigenvalue weighted by Gasteiger charge is -2.32. The smallest absolute Gasteiger partial charge is 0.416 e. The van der Waals surface area contributed by atoms with Gasteiger partial charge in [-0.1, -0.05) is 12.6 Å². The molecule has 0 radical (unpaired) electrons. The van der Waals surface area contributed by atoms with Gasteiger partial charge in [0.15, 0.2) is 0 Å². The molecule has 0 aliphatic carbocycles. The normalized spacial score (nSPS) is 18.8. The minimum Gasteiger partial charge on any atom is -0.467 e. The first-order valence-corrected chi connectivity index (χ1v) is 8.64. The van der Waals surface area contributed by atoms with E-state index in [4.69, 9.17) is 4.42 Å². The first-order chi connectivity index (χ1) is 13.7. The summed E-state index contributed by atoms with van der Waals surface area (Å²) in [4.78, 5) is 17.3. The van der Waals surface area contributed by atoms with E-state index in [1.165, 1.54) is 23.1 Å². The molecular weight excluding hydrogens is 387 g/mol. The van der Waals surface area contributed by atoms with Crippen molar-refractivity contribution in [2.24, 2.45) is 5.92 Å². The highest BCUT2D eigenvalue weighted by Gasteiger charge is 2.41. The third kappa shape index (κ3) is 3.48. The van der Waals surface area contributed by atoms with E-state index in [1.54, 1.807) is 19.1 Å². The highest BCUT2D eigenvalue weighted by Crippen LogP contribution is 2.38. The van der Waals surface area contributed by atoms with Crippen LogP contribution >= 0.6 is 0 Å². The molecule has 2 atom stereocenters. The van der Waals surface area contributed by atoms with Crippen molar-refractivity contribution < 1.29 is 22.4 Å². The molecule has 2 aromatic heterocycles. The minimum absolute atomic E-state index is 0.0244. The number of rotatable bonds is 3. The topological polar surface area (TPSA) is 85.0 Å². The number of anilines is 2. The van der Waals surface area contributed by atoms with E-state index < -0.39 is 29.6 Å². The van der Waals surface area contributed by atoms with E-state index in [0.717, 1.165) is 12.1 Å². The van der Waals surface area contributed by atoms with Crippen molar-refractivity contribution in [2.45, 2.75) is 19.1 Å². The molecule has 1 aliphatic rings. The van der Waals surface area contributed by atoms with Crippen molar-refractivity contribution in [1.29, 1.82) is 0 Å². The second-order valence-electron chi connectivity index (χ2n) is 6.58. The summed E-state index contributed by atoms with van der Waals surface area (Å²) in [6.07, 6.45) is -3.05. The summed E-state index contributed by atoms with van der Waals surface area (Å²) in [5.74, 6) is -0.123. The molecule has 2 unspecified atom stereocenters. The highest BCUT2D eigenvalue weighted by molar-refractivity contribution is 5.95. The van der Waals surface area contributed by atoms with E-state index in [1.807, 2.05) is 0 Å². The van der Waals surface area contributed by atoms with Gasteiger partial charge in [0.2, 0.25) is 11.9 Å². The van der Waals surface area contributed by atoms with E-state index >= 15 is 0 Å². The van der Waals surface area contributed by atoms with Crippen LogP contribution in [0.3, 0.4) is 0 Å². The Labute approximate surface area is 163 Å². The molecule has 4 rings (SSSR count). The zero-order valence-electron chi connectivity index (χ0n) is 15.2. The molecule has 0 bridgehead atoms. The number of alkyl halides is 3. The second kappa shape index (κ2) is 6.80. The van der Waals surface area contributed by atoms with Gasteiger partial charge in [-0.3, -0.25) is 4.79 Å². The molecule has 7 nitrogen and oxygen atoms in total. The first kappa shape index (κ1) is 18.8. The van der Waals surface area contributed by atoms with E-state index in [0.29, 0.717) is 23.2 Å². The number of amides is 1. The van der Waals surface area contributed by atoms with Crippen LogP contribution in [0.2, 0.25) is 0 Å². The molecule has 150 valence electrons. The Morgan fingerprint density at radius 1 is 1.31 bits per heavy atom. The third-order valence-electron chi connectivity index (χ3n) is 4.54. The summed E-state index contributed by atoms with van der Waals surface area (Å²) in [5, 5.41) is 9.80. The van der Waals surface area contributed by atoms with Gasteiger partial charge in [0.05, 0.1) is 11.8 Å². The Morgan fingerprint density at radius 2 is 2.10 bits per heavy atom. The van der Waals surface area contributed by atoms with Gasteiger partial charge in [-0.25, -0.2) is 4.68 Å². The summed E-state index contributed by atoms with van der Waals surface area (Å²) in [5.41, 5.74) is -0.500. The lowest BCUT2D eigenvalue weighted by Crippen LogP contribution is -2.39. The Hall–Kier alpha value is -3.56. The van der Waals surface area contributed by atoms with Gasteiger partial charge in [-0.05, 0) is 37.3 Å². The van der Waals surface area contributed by atoms with Crippen LogP contribution in [0.4, 0.5) is 24.8 Å². The number of nitrogens with zero attached hydrogens (tertiary/aromatic N) is 3. The summed E-state index contributed by atoms with van der Waals surface area (Å²) in [7, 11) is 0. The zero-order valence-corrected chi connectivity index (χ0v) is 15.2. The van der Waals surface area contributed by atoms with Crippen LogP contribution in [0.25, 0.3) is 0 Å². The molecule has 0 saturated heterocycles. The standard InChI is InChI=1S/C19H16F3N5O2/c1-10-15(17(28)25-13-6-3-5-12(9-13)19(20,21)22)16(14-7-4-8-29-14)27-18(23-10)24-11(2)26-27/h3-9,15-16H,1H2,2H3,(H,25,28)(H,23,24,26). The Morgan fingerprint density at radius 3 is 2.79 bits per heavy atom. The average Bonchev–Trinajstić information content (AvgIpc) is 3.28. The summed E-state index contributed by atoms with van der Waals surface area (Å²) in [6.45, 7) is 5.61. The number of carbonyl (C=O) groups excluding carboxylic acids is 1. The molecule has 29 heavy (non-hydrogen) atoms. The largest absolute Gasteiger partial charge is 0.467 e. The zero-order chi connectivity index (χ0) is 20.8. The Bertz CT molecular complexity index is 1070. The van der Waals surface area contributed by atoms with Crippen molar-refractivity contribution in [1.82, 2.24) is 14.8 Å². The maximum Gasteiger partial charge on any atom is 0.416 e. The minimum atomic E-state index is -4.51. The van der Waals surface area contributed by atoms with Crippen molar-refractivity contribution in [2.75, 3.05) is 10.6 Å². The maximum absolute atomic E-state index is 13.1. The van der Waals surface area contributed by atoms with Crippen LogP contribution in [-0.2, 0) is 11.0 Å². The van der Waals surface area contributed by atoms with Gasteiger partial charge in [-0.15, -0.1) is 0 Å². The van der Waals surface area contributed by atoms with Crippen LogP contribution in [-0.4, -0.2) is 20.7 Å². The molecule has 1 aliphatic heterocycles. The van der Waals surface area contributed by atoms with Gasteiger partial charge < -0.3 is 15.1 Å². The van der Waals surface area contributed by atoms with Crippen molar-refractivity contribution in [3.63, 3.8) is 0 Å². The molecule has 10 heteroatoms. The van der Waals surface area contributed by atoms with Crippen LogP contribution < -0.4 is 10.6 Å². The number of fused-ring (bicyclic) bond motifs is 1. The fraction of sp³-hybridized carbons (Fsp3) is 0.211. The fourth-order valence-corrected chi connectivity index (χ4v) is 3.30. The molecule has 0 saturated carbocycles. The molecule has 3 heterocycles. The summed E-state index contributed by atoms with van der Waals surface area (Å²) in [6, 6.07) is 7.10. The van der Waals surface area contributed by atoms with E-state index in [9.17, 15) is 18.0 Å². The number of hydrogen-bond acceptors (Lipinski definition) is 5. The van der Waals surface area contributed by atoms with Crippen LogP contribution in [0.15, 0.2) is 59.4 Å². The van der Waals surface area contributed by atoms with Gasteiger partial charge in [0.25, 0.3) is 0 Å². The monoisotopic (exact) mass is 403 g/mol. The SMILES string of the molecule is C=C1Nc2nc(C)nn2C(c2ccco2)C1C(=O)Nc1cccc(C(F)(F)F)c1. The number of halogens is 3. The molecule has 0 fully saturated rings. The highest BCUT2D eigenvalue weighted by atomic mass is 19.4. The van der Waals surface area contributed by atoms with Crippen LogP contribution in [0.1, 0.15) is 23.2 Å². The number of aromatic nitrogens is 3. The molecular formula is C19H16F3N5O2. The third-order valence-corrected chi connectivity index (χ3v) is 4.54. The molecule has 1 aromatic carbocycles. The van der Waals surface area contributed by atoms with Crippen molar-refractivity contribution in [3.8, 4) is 0 Å². The number of furan rings is 1. The predicted molar refractivity (Wildman–Crippen MR) is 97.9 cm³/mol. The van der Waals surface area contributed by atoms with Crippen LogP contribution in [0.5, 0.6) is 0 Å². The van der Waals surface area contributed by atoms with Gasteiger partial charge in [0.1, 0.15) is 23.5 Å². The predicted octanol–water partition coefficient (Wildman–Crippen LogP) is 3.98. The van der Waals surface area contributed by atoms with Gasteiger partial charge in [-0.2, -0.15) is 23.3 Å². The molecule has 2 N–H and O–H groups in total. The molecule has 3 aromatic rings. The van der Waals surface area contributed by atoms with Crippen molar-refractivity contribution >= 4 is 17.5 Å². The van der Waals surface area contributed by atoms with E-state index in [2.05, 4.69) is 27.3 Å². The number of nitrogens with one attached hydrogen (secondary N) is 2. The Balaban J connectivity index is 1.69. The van der Waals surface area contributed by atoms with Gasteiger partial charge >= 0.3 is 6.18 Å². The quantitative estimate of drug-likeness (QED) is 0.691. The summed E-state index contributed by atoms with van der Waals surface area (Å²) < 4.78 is 45.9.